The van der Waals surface area contributed by atoms with Gasteiger partial charge in [-0.05, 0) is 17.5 Å². The van der Waals surface area contributed by atoms with E-state index in [-0.39, 0.29) is 17.1 Å². The molecular formula is C12H20N2O3S. The van der Waals surface area contributed by atoms with Crippen LogP contribution in [-0.2, 0) is 10.0 Å². The minimum absolute atomic E-state index is 0.0865. The summed E-state index contributed by atoms with van der Waals surface area (Å²) in [5.41, 5.74) is -0.200. The highest BCUT2D eigenvalue weighted by molar-refractivity contribution is 7.89. The van der Waals surface area contributed by atoms with Crippen LogP contribution in [0.1, 0.15) is 20.8 Å². The van der Waals surface area contributed by atoms with Gasteiger partial charge in [0.25, 0.3) is 0 Å². The molecule has 1 rings (SSSR count). The lowest BCUT2D eigenvalue weighted by Crippen LogP contribution is -2.35. The Morgan fingerprint density at radius 3 is 2.56 bits per heavy atom. The van der Waals surface area contributed by atoms with Gasteiger partial charge in [-0.2, -0.15) is 0 Å². The number of sulfonamides is 1. The topological polar surface area (TPSA) is 82.3 Å². The number of hydrogen-bond acceptors (Lipinski definition) is 4. The van der Waals surface area contributed by atoms with E-state index in [1.165, 1.54) is 0 Å². The molecule has 0 aliphatic carbocycles. The minimum atomic E-state index is -3.51. The molecule has 0 aromatic carbocycles. The lowest BCUT2D eigenvalue weighted by Gasteiger charge is -2.29. The first-order valence-electron chi connectivity index (χ1n) is 5.72. The third kappa shape index (κ3) is 5.46. The fourth-order valence-corrected chi connectivity index (χ4v) is 2.61. The molecule has 18 heavy (non-hydrogen) atoms. The number of primary sulfonamides is 1. The molecule has 5 nitrogen and oxygen atoms in total. The Kier molecular flexibility index (Phi) is 4.70. The van der Waals surface area contributed by atoms with Gasteiger partial charge in [0, 0.05) is 12.1 Å². The summed E-state index contributed by atoms with van der Waals surface area (Å²) in [5, 5.41) is 5.11. The Bertz CT molecular complexity index is 466. The van der Waals surface area contributed by atoms with Crippen molar-refractivity contribution in [3.8, 4) is 5.75 Å². The SMILES string of the molecule is CC(C)(C)C(COc1cccnc1)CS(N)(=O)=O. The maximum atomic E-state index is 11.2. The molecule has 1 heterocycles. The van der Waals surface area contributed by atoms with Crippen molar-refractivity contribution in [3.63, 3.8) is 0 Å². The van der Waals surface area contributed by atoms with Crippen LogP contribution in [-0.4, -0.2) is 25.8 Å². The first-order chi connectivity index (χ1) is 8.18. The Hall–Kier alpha value is -1.14. The molecule has 0 saturated carbocycles. The minimum Gasteiger partial charge on any atom is -0.492 e. The standard InChI is InChI=1S/C12H20N2O3S/c1-12(2,3)10(9-18(13,15)16)8-17-11-5-4-6-14-7-11/h4-7,10H,8-9H2,1-3H3,(H2,13,15,16). The quantitative estimate of drug-likeness (QED) is 0.878. The normalized spacial score (nSPS) is 14.2. The number of nitrogens with two attached hydrogens (primary N) is 1. The van der Waals surface area contributed by atoms with Crippen LogP contribution >= 0.6 is 0 Å². The number of rotatable bonds is 5. The molecule has 1 aromatic rings. The molecular weight excluding hydrogens is 252 g/mol. The van der Waals surface area contributed by atoms with Crippen molar-refractivity contribution >= 4 is 10.0 Å². The second kappa shape index (κ2) is 5.67. The molecule has 0 aliphatic rings. The van der Waals surface area contributed by atoms with Gasteiger partial charge in [-0.25, -0.2) is 13.6 Å². The first kappa shape index (κ1) is 14.9. The van der Waals surface area contributed by atoms with Crippen molar-refractivity contribution < 1.29 is 13.2 Å². The molecule has 102 valence electrons. The van der Waals surface area contributed by atoms with Crippen LogP contribution in [0.15, 0.2) is 24.5 Å². The van der Waals surface area contributed by atoms with E-state index in [0.717, 1.165) is 0 Å². The maximum Gasteiger partial charge on any atom is 0.209 e. The van der Waals surface area contributed by atoms with Gasteiger partial charge in [-0.15, -0.1) is 0 Å². The molecule has 0 bridgehead atoms. The molecule has 1 aromatic heterocycles. The first-order valence-corrected chi connectivity index (χ1v) is 7.43. The van der Waals surface area contributed by atoms with Gasteiger partial charge in [-0.1, -0.05) is 20.8 Å². The molecule has 0 amide bonds. The van der Waals surface area contributed by atoms with Gasteiger partial charge >= 0.3 is 0 Å². The van der Waals surface area contributed by atoms with Crippen molar-refractivity contribution in [1.82, 2.24) is 4.98 Å². The molecule has 0 spiro atoms. The highest BCUT2D eigenvalue weighted by atomic mass is 32.2. The van der Waals surface area contributed by atoms with Gasteiger partial charge in [-0.3, -0.25) is 4.98 Å². The van der Waals surface area contributed by atoms with Crippen LogP contribution in [0.2, 0.25) is 0 Å². The van der Waals surface area contributed by atoms with Crippen molar-refractivity contribution in [2.45, 2.75) is 20.8 Å². The molecule has 6 heteroatoms. The molecule has 0 saturated heterocycles. The average molecular weight is 272 g/mol. The second-order valence-corrected chi connectivity index (χ2v) is 7.05. The summed E-state index contributed by atoms with van der Waals surface area (Å²) in [5.74, 6) is 0.366. The van der Waals surface area contributed by atoms with Crippen LogP contribution in [0.25, 0.3) is 0 Å². The van der Waals surface area contributed by atoms with E-state index in [9.17, 15) is 8.42 Å². The van der Waals surface area contributed by atoms with Crippen LogP contribution in [0.5, 0.6) is 5.75 Å². The monoisotopic (exact) mass is 272 g/mol. The average Bonchev–Trinajstić information content (AvgIpc) is 2.22. The summed E-state index contributed by atoms with van der Waals surface area (Å²) in [6.45, 7) is 6.20. The third-order valence-corrected chi connectivity index (χ3v) is 3.61. The predicted molar refractivity (Wildman–Crippen MR) is 70.7 cm³/mol. The lowest BCUT2D eigenvalue weighted by atomic mass is 9.82. The Morgan fingerprint density at radius 2 is 2.11 bits per heavy atom. The summed E-state index contributed by atoms with van der Waals surface area (Å²) in [7, 11) is -3.51. The molecule has 0 aliphatic heterocycles. The zero-order chi connectivity index (χ0) is 13.8. The predicted octanol–water partition coefficient (Wildman–Crippen LogP) is 1.41. The highest BCUT2D eigenvalue weighted by Crippen LogP contribution is 2.27. The number of aromatic nitrogens is 1. The number of pyridine rings is 1. The van der Waals surface area contributed by atoms with E-state index in [1.807, 2.05) is 20.8 Å². The van der Waals surface area contributed by atoms with Crippen LogP contribution in [0.4, 0.5) is 0 Å². The van der Waals surface area contributed by atoms with E-state index in [0.29, 0.717) is 12.4 Å². The third-order valence-electron chi connectivity index (χ3n) is 2.74. The van der Waals surface area contributed by atoms with Crippen LogP contribution in [0.3, 0.4) is 0 Å². The van der Waals surface area contributed by atoms with Crippen molar-refractivity contribution in [1.29, 1.82) is 0 Å². The molecule has 1 atom stereocenters. The lowest BCUT2D eigenvalue weighted by molar-refractivity contribution is 0.163. The summed E-state index contributed by atoms with van der Waals surface area (Å²) >= 11 is 0. The zero-order valence-corrected chi connectivity index (χ0v) is 11.8. The molecule has 0 fully saturated rings. The molecule has 0 radical (unpaired) electrons. The van der Waals surface area contributed by atoms with Gasteiger partial charge in [0.1, 0.15) is 5.75 Å². The second-order valence-electron chi connectivity index (χ2n) is 5.39. The smallest absolute Gasteiger partial charge is 0.209 e. The maximum absolute atomic E-state index is 11.2. The van der Waals surface area contributed by atoms with E-state index in [1.54, 1.807) is 24.5 Å². The highest BCUT2D eigenvalue weighted by Gasteiger charge is 2.29. The fourth-order valence-electron chi connectivity index (χ4n) is 1.46. The number of ether oxygens (including phenoxy) is 1. The summed E-state index contributed by atoms with van der Waals surface area (Å²) in [6, 6.07) is 3.55. The van der Waals surface area contributed by atoms with Crippen LogP contribution < -0.4 is 9.88 Å². The summed E-state index contributed by atoms with van der Waals surface area (Å²) < 4.78 is 28.0. The summed E-state index contributed by atoms with van der Waals surface area (Å²) in [4.78, 5) is 3.93. The Balaban J connectivity index is 2.69. The molecule has 1 unspecified atom stereocenters. The van der Waals surface area contributed by atoms with Gasteiger partial charge < -0.3 is 4.74 Å². The van der Waals surface area contributed by atoms with E-state index in [4.69, 9.17) is 9.88 Å². The fraction of sp³-hybridized carbons (Fsp3) is 0.583. The van der Waals surface area contributed by atoms with Gasteiger partial charge in [0.2, 0.25) is 10.0 Å². The number of hydrogen-bond donors (Lipinski definition) is 1. The largest absolute Gasteiger partial charge is 0.492 e. The van der Waals surface area contributed by atoms with Crippen molar-refractivity contribution in [3.05, 3.63) is 24.5 Å². The number of nitrogens with zero attached hydrogens (tertiary/aromatic N) is 1. The molecule has 2 N–H and O–H groups in total. The summed E-state index contributed by atoms with van der Waals surface area (Å²) in [6.07, 6.45) is 3.25. The Morgan fingerprint density at radius 1 is 1.44 bits per heavy atom. The Labute approximate surface area is 108 Å². The van der Waals surface area contributed by atoms with E-state index in [2.05, 4.69) is 4.98 Å². The van der Waals surface area contributed by atoms with Crippen molar-refractivity contribution in [2.75, 3.05) is 12.4 Å². The van der Waals surface area contributed by atoms with E-state index < -0.39 is 10.0 Å². The van der Waals surface area contributed by atoms with E-state index >= 15 is 0 Å². The van der Waals surface area contributed by atoms with Crippen LogP contribution in [0, 0.1) is 11.3 Å². The zero-order valence-electron chi connectivity index (χ0n) is 11.0. The van der Waals surface area contributed by atoms with Crippen molar-refractivity contribution in [2.24, 2.45) is 16.5 Å². The van der Waals surface area contributed by atoms with Gasteiger partial charge in [0.15, 0.2) is 0 Å². The van der Waals surface area contributed by atoms with Gasteiger partial charge in [0.05, 0.1) is 18.6 Å².